The summed E-state index contributed by atoms with van der Waals surface area (Å²) in [6.45, 7) is 4.19. The van der Waals surface area contributed by atoms with Crippen molar-refractivity contribution in [2.75, 3.05) is 23.5 Å². The van der Waals surface area contributed by atoms with E-state index >= 15 is 0 Å². The Balaban J connectivity index is 1.60. The first-order valence-corrected chi connectivity index (χ1v) is 10.5. The predicted molar refractivity (Wildman–Crippen MR) is 121 cm³/mol. The summed E-state index contributed by atoms with van der Waals surface area (Å²) in [6.07, 6.45) is 1.74. The van der Waals surface area contributed by atoms with Crippen LogP contribution < -0.4 is 15.4 Å². The summed E-state index contributed by atoms with van der Waals surface area (Å²) in [7, 11) is 1.58. The molecular weight excluding hydrogens is 414 g/mol. The zero-order valence-electron chi connectivity index (χ0n) is 17.1. The first-order chi connectivity index (χ1) is 15.1. The van der Waals surface area contributed by atoms with Crippen molar-refractivity contribution >= 4 is 35.0 Å². The maximum Gasteiger partial charge on any atom is 0.234 e. The van der Waals surface area contributed by atoms with Gasteiger partial charge in [-0.3, -0.25) is 9.59 Å². The Morgan fingerprint density at radius 3 is 2.39 bits per heavy atom. The van der Waals surface area contributed by atoms with Gasteiger partial charge in [0.15, 0.2) is 5.16 Å². The molecule has 2 amide bonds. The lowest BCUT2D eigenvalue weighted by Crippen LogP contribution is -2.18. The highest BCUT2D eigenvalue weighted by molar-refractivity contribution is 7.99. The number of para-hydroxylation sites is 1. The maximum absolute atomic E-state index is 12.5. The fourth-order valence-corrected chi connectivity index (χ4v) is 3.51. The minimum Gasteiger partial charge on any atom is -0.497 e. The van der Waals surface area contributed by atoms with Crippen molar-refractivity contribution in [2.45, 2.75) is 18.1 Å². The number of methoxy groups -OCH3 is 1. The van der Waals surface area contributed by atoms with Gasteiger partial charge in [0.2, 0.25) is 11.8 Å². The number of amides is 2. The second-order valence-corrected chi connectivity index (χ2v) is 7.40. The van der Waals surface area contributed by atoms with Gasteiger partial charge in [0.05, 0.1) is 19.3 Å². The Hall–Kier alpha value is -3.59. The molecule has 0 spiro atoms. The number of carbonyl (C=O) groups is 2. The van der Waals surface area contributed by atoms with Crippen molar-refractivity contribution in [3.63, 3.8) is 0 Å². The van der Waals surface area contributed by atoms with Gasteiger partial charge in [-0.2, -0.15) is 0 Å². The molecule has 2 N–H and O–H groups in total. The number of rotatable bonds is 10. The SMILES string of the molecule is C=CCn1c(CC(=O)Nc2ccc(OC)cc2)nnc1SCC(=O)Nc1ccccc1. The van der Waals surface area contributed by atoms with Crippen LogP contribution >= 0.6 is 11.8 Å². The van der Waals surface area contributed by atoms with E-state index in [-0.39, 0.29) is 24.0 Å². The van der Waals surface area contributed by atoms with Gasteiger partial charge in [-0.25, -0.2) is 0 Å². The topological polar surface area (TPSA) is 98.1 Å². The lowest BCUT2D eigenvalue weighted by atomic mass is 10.3. The molecule has 3 aromatic rings. The van der Waals surface area contributed by atoms with Gasteiger partial charge in [0, 0.05) is 17.9 Å². The van der Waals surface area contributed by atoms with Crippen LogP contribution in [0, 0.1) is 0 Å². The predicted octanol–water partition coefficient (Wildman–Crippen LogP) is 3.38. The van der Waals surface area contributed by atoms with E-state index in [1.165, 1.54) is 11.8 Å². The van der Waals surface area contributed by atoms with Crippen molar-refractivity contribution in [2.24, 2.45) is 0 Å². The number of anilines is 2. The lowest BCUT2D eigenvalue weighted by Gasteiger charge is -2.09. The number of allylic oxidation sites excluding steroid dienone is 1. The number of ether oxygens (including phenoxy) is 1. The third-order valence-electron chi connectivity index (χ3n) is 4.19. The van der Waals surface area contributed by atoms with Gasteiger partial charge in [-0.1, -0.05) is 36.0 Å². The average Bonchev–Trinajstić information content (AvgIpc) is 3.15. The molecule has 0 saturated heterocycles. The van der Waals surface area contributed by atoms with Crippen LogP contribution in [0.5, 0.6) is 5.75 Å². The molecule has 0 fully saturated rings. The summed E-state index contributed by atoms with van der Waals surface area (Å²) in [6, 6.07) is 16.3. The van der Waals surface area contributed by atoms with E-state index in [1.54, 1.807) is 42.0 Å². The number of benzene rings is 2. The summed E-state index contributed by atoms with van der Waals surface area (Å²) < 4.78 is 6.89. The van der Waals surface area contributed by atoms with E-state index < -0.39 is 0 Å². The zero-order valence-corrected chi connectivity index (χ0v) is 17.9. The molecule has 0 radical (unpaired) electrons. The number of hydrogen-bond acceptors (Lipinski definition) is 6. The molecule has 1 aromatic heterocycles. The molecule has 0 aliphatic rings. The maximum atomic E-state index is 12.5. The smallest absolute Gasteiger partial charge is 0.234 e. The minimum atomic E-state index is -0.221. The number of nitrogens with one attached hydrogen (secondary N) is 2. The number of hydrogen-bond donors (Lipinski definition) is 2. The lowest BCUT2D eigenvalue weighted by molar-refractivity contribution is -0.116. The molecule has 0 atom stereocenters. The molecule has 0 aliphatic heterocycles. The molecular formula is C22H23N5O3S. The van der Waals surface area contributed by atoms with E-state index in [0.717, 1.165) is 5.69 Å². The summed E-state index contributed by atoms with van der Waals surface area (Å²) in [5.41, 5.74) is 1.39. The Morgan fingerprint density at radius 1 is 1.03 bits per heavy atom. The van der Waals surface area contributed by atoms with Crippen LogP contribution in [0.1, 0.15) is 5.82 Å². The fraction of sp³-hybridized carbons (Fsp3) is 0.182. The van der Waals surface area contributed by atoms with Crippen molar-refractivity contribution in [1.29, 1.82) is 0 Å². The molecule has 1 heterocycles. The van der Waals surface area contributed by atoms with Crippen molar-refractivity contribution in [3.05, 3.63) is 73.1 Å². The van der Waals surface area contributed by atoms with Crippen LogP contribution in [0.3, 0.4) is 0 Å². The van der Waals surface area contributed by atoms with Crippen LogP contribution in [0.25, 0.3) is 0 Å². The number of nitrogens with zero attached hydrogens (tertiary/aromatic N) is 3. The summed E-state index contributed by atoms with van der Waals surface area (Å²) in [4.78, 5) is 24.7. The highest BCUT2D eigenvalue weighted by atomic mass is 32.2. The summed E-state index contributed by atoms with van der Waals surface area (Å²) in [5.74, 6) is 1.00. The largest absolute Gasteiger partial charge is 0.497 e. The second-order valence-electron chi connectivity index (χ2n) is 6.45. The molecule has 3 rings (SSSR count). The number of aromatic nitrogens is 3. The second kappa shape index (κ2) is 11.0. The molecule has 0 bridgehead atoms. The van der Waals surface area contributed by atoms with Gasteiger partial charge in [-0.15, -0.1) is 16.8 Å². The molecule has 160 valence electrons. The van der Waals surface area contributed by atoms with E-state index in [4.69, 9.17) is 4.74 Å². The van der Waals surface area contributed by atoms with Gasteiger partial charge >= 0.3 is 0 Å². The van der Waals surface area contributed by atoms with Crippen molar-refractivity contribution in [3.8, 4) is 5.75 Å². The Morgan fingerprint density at radius 2 is 1.71 bits per heavy atom. The standard InChI is InChI=1S/C22H23N5O3S/c1-3-13-27-19(14-20(28)23-17-9-11-18(30-2)12-10-17)25-26-22(27)31-15-21(29)24-16-7-5-4-6-8-16/h3-12H,1,13-15H2,2H3,(H,23,28)(H,24,29). The van der Waals surface area contributed by atoms with Crippen LogP contribution in [0.2, 0.25) is 0 Å². The molecule has 9 heteroatoms. The molecule has 0 aliphatic carbocycles. The van der Waals surface area contributed by atoms with E-state index in [2.05, 4.69) is 27.4 Å². The monoisotopic (exact) mass is 437 g/mol. The van der Waals surface area contributed by atoms with Crippen molar-refractivity contribution < 1.29 is 14.3 Å². The number of carbonyl (C=O) groups excluding carboxylic acids is 2. The van der Waals surface area contributed by atoms with Gasteiger partial charge in [0.25, 0.3) is 0 Å². The molecule has 0 saturated carbocycles. The highest BCUT2D eigenvalue weighted by Crippen LogP contribution is 2.19. The average molecular weight is 438 g/mol. The third kappa shape index (κ3) is 6.45. The van der Waals surface area contributed by atoms with Gasteiger partial charge < -0.3 is 19.9 Å². The Kier molecular flexibility index (Phi) is 7.83. The first-order valence-electron chi connectivity index (χ1n) is 9.53. The van der Waals surface area contributed by atoms with Crippen molar-refractivity contribution in [1.82, 2.24) is 14.8 Å². The Labute approximate surface area is 184 Å². The zero-order chi connectivity index (χ0) is 22.1. The van der Waals surface area contributed by atoms with Crippen LogP contribution in [0.15, 0.2) is 72.4 Å². The quantitative estimate of drug-likeness (QED) is 0.373. The van der Waals surface area contributed by atoms with E-state index in [0.29, 0.717) is 29.0 Å². The van der Waals surface area contributed by atoms with Crippen LogP contribution in [0.4, 0.5) is 11.4 Å². The first kappa shape index (κ1) is 22.1. The molecule has 31 heavy (non-hydrogen) atoms. The Bertz CT molecular complexity index is 1040. The minimum absolute atomic E-state index is 0.0453. The van der Waals surface area contributed by atoms with Gasteiger partial charge in [0.1, 0.15) is 11.6 Å². The van der Waals surface area contributed by atoms with Crippen LogP contribution in [-0.4, -0.2) is 39.4 Å². The van der Waals surface area contributed by atoms with Gasteiger partial charge in [-0.05, 0) is 36.4 Å². The van der Waals surface area contributed by atoms with E-state index in [1.807, 2.05) is 30.3 Å². The molecule has 8 nitrogen and oxygen atoms in total. The third-order valence-corrected chi connectivity index (χ3v) is 5.15. The summed E-state index contributed by atoms with van der Waals surface area (Å²) in [5, 5.41) is 14.5. The normalized spacial score (nSPS) is 10.4. The number of thioether (sulfide) groups is 1. The summed E-state index contributed by atoms with van der Waals surface area (Å²) >= 11 is 1.25. The highest BCUT2D eigenvalue weighted by Gasteiger charge is 2.16. The molecule has 0 unspecified atom stereocenters. The van der Waals surface area contributed by atoms with E-state index in [9.17, 15) is 9.59 Å². The fourth-order valence-electron chi connectivity index (χ4n) is 2.74. The van der Waals surface area contributed by atoms with Crippen LogP contribution in [-0.2, 0) is 22.6 Å². The molecule has 2 aromatic carbocycles.